The van der Waals surface area contributed by atoms with Gasteiger partial charge < -0.3 is 0 Å². The molecular weight excluding hydrogens is 206 g/mol. The molecule has 104 valence electrons. The van der Waals surface area contributed by atoms with Crippen LogP contribution in [0.4, 0.5) is 0 Å². The van der Waals surface area contributed by atoms with Crippen molar-refractivity contribution >= 4 is 0 Å². The lowest BCUT2D eigenvalue weighted by Gasteiger charge is -2.43. The second-order valence-electron chi connectivity index (χ2n) is 8.49. The maximum Gasteiger partial charge on any atom is 0.0125 e. The molecule has 0 aliphatic heterocycles. The third-order valence-electron chi connectivity index (χ3n) is 3.07. The van der Waals surface area contributed by atoms with E-state index in [0.29, 0.717) is 10.8 Å². The molecule has 0 rings (SSSR count). The van der Waals surface area contributed by atoms with Crippen molar-refractivity contribution in [1.82, 2.24) is 4.90 Å². The lowest BCUT2D eigenvalue weighted by Crippen LogP contribution is -2.47. The summed E-state index contributed by atoms with van der Waals surface area (Å²) >= 11 is 0. The highest BCUT2D eigenvalue weighted by atomic mass is 15.2. The quantitative estimate of drug-likeness (QED) is 0.657. The van der Waals surface area contributed by atoms with E-state index in [4.69, 9.17) is 0 Å². The highest BCUT2D eigenvalue weighted by Crippen LogP contribution is 2.35. The minimum atomic E-state index is 0.283. The molecule has 0 aromatic rings. The molecule has 0 heterocycles. The van der Waals surface area contributed by atoms with E-state index in [-0.39, 0.29) is 5.54 Å². The first-order valence-corrected chi connectivity index (χ1v) is 7.12. The summed E-state index contributed by atoms with van der Waals surface area (Å²) in [5, 5.41) is 0. The largest absolute Gasteiger partial charge is 0.298 e. The molecule has 0 bridgehead atoms. The molecule has 0 atom stereocenters. The molecule has 0 saturated heterocycles. The molecule has 0 unspecified atom stereocenters. The number of rotatable bonds is 5. The molecular formula is C16H35N. The highest BCUT2D eigenvalue weighted by Gasteiger charge is 2.31. The minimum Gasteiger partial charge on any atom is -0.298 e. The van der Waals surface area contributed by atoms with Crippen LogP contribution >= 0.6 is 0 Å². The predicted octanol–water partition coefficient (Wildman–Crippen LogP) is 4.96. The Morgan fingerprint density at radius 2 is 1.29 bits per heavy atom. The van der Waals surface area contributed by atoms with Crippen LogP contribution < -0.4 is 0 Å². The molecule has 0 radical (unpaired) electrons. The van der Waals surface area contributed by atoms with Crippen molar-refractivity contribution in [3.63, 3.8) is 0 Å². The lowest BCUT2D eigenvalue weighted by atomic mass is 9.75. The summed E-state index contributed by atoms with van der Waals surface area (Å²) in [5.74, 6) is 0. The van der Waals surface area contributed by atoms with Gasteiger partial charge in [-0.2, -0.15) is 0 Å². The normalized spacial score (nSPS) is 14.5. The highest BCUT2D eigenvalue weighted by molar-refractivity contribution is 4.84. The van der Waals surface area contributed by atoms with Gasteiger partial charge in [0.25, 0.3) is 0 Å². The van der Waals surface area contributed by atoms with Crippen molar-refractivity contribution in [2.24, 2.45) is 10.8 Å². The van der Waals surface area contributed by atoms with E-state index in [1.165, 1.54) is 25.9 Å². The molecule has 0 fully saturated rings. The molecule has 1 heteroatoms. The Balaban J connectivity index is 4.64. The Labute approximate surface area is 110 Å². The van der Waals surface area contributed by atoms with Crippen molar-refractivity contribution in [3.8, 4) is 0 Å². The number of hydrogen-bond donors (Lipinski definition) is 0. The SMILES string of the molecule is CCCN(CC(C)(C)CC(C)(C)C)C(C)(C)C. The zero-order chi connectivity index (χ0) is 13.9. The van der Waals surface area contributed by atoms with Crippen molar-refractivity contribution < 1.29 is 0 Å². The molecule has 1 nitrogen and oxygen atoms in total. The van der Waals surface area contributed by atoms with Crippen LogP contribution in [0.1, 0.15) is 75.2 Å². The fraction of sp³-hybridized carbons (Fsp3) is 1.00. The topological polar surface area (TPSA) is 3.24 Å². The van der Waals surface area contributed by atoms with Crippen LogP contribution in [0.15, 0.2) is 0 Å². The summed E-state index contributed by atoms with van der Waals surface area (Å²) in [5.41, 5.74) is 1.09. The Hall–Kier alpha value is -0.0400. The van der Waals surface area contributed by atoms with Gasteiger partial charge in [-0.1, -0.05) is 41.5 Å². The summed E-state index contributed by atoms with van der Waals surface area (Å²) in [6, 6.07) is 0. The molecule has 0 aliphatic rings. The van der Waals surface area contributed by atoms with E-state index in [9.17, 15) is 0 Å². The van der Waals surface area contributed by atoms with E-state index in [1.54, 1.807) is 0 Å². The van der Waals surface area contributed by atoms with Gasteiger partial charge in [-0.25, -0.2) is 0 Å². The predicted molar refractivity (Wildman–Crippen MR) is 79.5 cm³/mol. The van der Waals surface area contributed by atoms with Gasteiger partial charge in [0.05, 0.1) is 0 Å². The second-order valence-corrected chi connectivity index (χ2v) is 8.49. The van der Waals surface area contributed by atoms with Gasteiger partial charge in [0.15, 0.2) is 0 Å². The van der Waals surface area contributed by atoms with Crippen molar-refractivity contribution in [2.45, 2.75) is 80.7 Å². The Morgan fingerprint density at radius 1 is 0.824 bits per heavy atom. The van der Waals surface area contributed by atoms with Crippen LogP contribution in [-0.2, 0) is 0 Å². The molecule has 0 spiro atoms. The van der Waals surface area contributed by atoms with E-state index in [0.717, 1.165) is 0 Å². The molecule has 0 saturated carbocycles. The second kappa shape index (κ2) is 5.73. The molecule has 0 N–H and O–H groups in total. The Bertz CT molecular complexity index is 215. The van der Waals surface area contributed by atoms with Crippen LogP contribution in [0.3, 0.4) is 0 Å². The molecule has 0 aromatic carbocycles. The zero-order valence-corrected chi connectivity index (χ0v) is 13.8. The smallest absolute Gasteiger partial charge is 0.0125 e. The van der Waals surface area contributed by atoms with Gasteiger partial charge in [0, 0.05) is 12.1 Å². The van der Waals surface area contributed by atoms with E-state index in [2.05, 4.69) is 67.2 Å². The van der Waals surface area contributed by atoms with Crippen molar-refractivity contribution in [3.05, 3.63) is 0 Å². The monoisotopic (exact) mass is 241 g/mol. The first-order valence-electron chi connectivity index (χ1n) is 7.12. The Morgan fingerprint density at radius 3 is 1.59 bits per heavy atom. The van der Waals surface area contributed by atoms with Crippen LogP contribution in [0.25, 0.3) is 0 Å². The summed E-state index contributed by atoms with van der Waals surface area (Å²) in [6.07, 6.45) is 2.51. The van der Waals surface area contributed by atoms with E-state index >= 15 is 0 Å². The van der Waals surface area contributed by atoms with Gasteiger partial charge in [-0.15, -0.1) is 0 Å². The average molecular weight is 241 g/mol. The van der Waals surface area contributed by atoms with Gasteiger partial charge >= 0.3 is 0 Å². The van der Waals surface area contributed by atoms with Crippen molar-refractivity contribution in [2.75, 3.05) is 13.1 Å². The van der Waals surface area contributed by atoms with Crippen molar-refractivity contribution in [1.29, 1.82) is 0 Å². The number of hydrogen-bond acceptors (Lipinski definition) is 1. The van der Waals surface area contributed by atoms with E-state index < -0.39 is 0 Å². The zero-order valence-electron chi connectivity index (χ0n) is 13.8. The minimum absolute atomic E-state index is 0.283. The molecule has 0 amide bonds. The fourth-order valence-electron chi connectivity index (χ4n) is 2.93. The van der Waals surface area contributed by atoms with Gasteiger partial charge in [0.2, 0.25) is 0 Å². The van der Waals surface area contributed by atoms with Gasteiger partial charge in [0.1, 0.15) is 0 Å². The molecule has 0 aromatic heterocycles. The van der Waals surface area contributed by atoms with Gasteiger partial charge in [-0.05, 0) is 51.0 Å². The molecule has 0 aliphatic carbocycles. The summed E-state index contributed by atoms with van der Waals surface area (Å²) in [6.45, 7) is 23.5. The van der Waals surface area contributed by atoms with Gasteiger partial charge in [-0.3, -0.25) is 4.90 Å². The third-order valence-corrected chi connectivity index (χ3v) is 3.07. The van der Waals surface area contributed by atoms with E-state index in [1.807, 2.05) is 0 Å². The first kappa shape index (κ1) is 17.0. The fourth-order valence-corrected chi connectivity index (χ4v) is 2.93. The van der Waals surface area contributed by atoms with Crippen LogP contribution in [0.5, 0.6) is 0 Å². The first-order chi connectivity index (χ1) is 7.37. The summed E-state index contributed by atoms with van der Waals surface area (Å²) in [7, 11) is 0. The lowest BCUT2D eigenvalue weighted by molar-refractivity contribution is 0.0636. The third kappa shape index (κ3) is 7.81. The van der Waals surface area contributed by atoms with Crippen LogP contribution in [0.2, 0.25) is 0 Å². The average Bonchev–Trinajstić information content (AvgIpc) is 1.96. The van der Waals surface area contributed by atoms with Crippen LogP contribution in [0, 0.1) is 10.8 Å². The maximum atomic E-state index is 2.64. The molecule has 17 heavy (non-hydrogen) atoms. The number of nitrogens with zero attached hydrogens (tertiary/aromatic N) is 1. The van der Waals surface area contributed by atoms with Crippen LogP contribution in [-0.4, -0.2) is 23.5 Å². The summed E-state index contributed by atoms with van der Waals surface area (Å²) < 4.78 is 0. The standard InChI is InChI=1S/C16H35N/c1-10-11-17(15(5,6)7)13-16(8,9)12-14(2,3)4/h10-13H2,1-9H3. The Kier molecular flexibility index (Phi) is 5.72. The summed E-state index contributed by atoms with van der Waals surface area (Å²) in [4.78, 5) is 2.64. The maximum absolute atomic E-state index is 2.64.